The molecule has 0 bridgehead atoms. The molecule has 0 spiro atoms. The van der Waals surface area contributed by atoms with E-state index in [0.717, 1.165) is 10.6 Å². The van der Waals surface area contributed by atoms with E-state index in [1.54, 1.807) is 17.4 Å². The van der Waals surface area contributed by atoms with Crippen molar-refractivity contribution < 1.29 is 0 Å². The monoisotopic (exact) mass is 244 g/mol. The predicted molar refractivity (Wildman–Crippen MR) is 59.9 cm³/mol. The van der Waals surface area contributed by atoms with Crippen molar-refractivity contribution in [1.82, 2.24) is 9.97 Å². The summed E-state index contributed by atoms with van der Waals surface area (Å²) in [4.78, 5) is 9.41. The highest BCUT2D eigenvalue weighted by atomic mass is 35.5. The Morgan fingerprint density at radius 2 is 2.21 bits per heavy atom. The Morgan fingerprint density at radius 3 is 2.86 bits per heavy atom. The van der Waals surface area contributed by atoms with Gasteiger partial charge in [-0.1, -0.05) is 17.7 Å². The second kappa shape index (κ2) is 4.26. The molecule has 0 amide bonds. The first kappa shape index (κ1) is 9.90. The minimum absolute atomic E-state index is 0.348. The summed E-state index contributed by atoms with van der Waals surface area (Å²) in [6.45, 7) is 0. The molecule has 5 heteroatoms. The Balaban J connectivity index is 2.48. The third-order valence-electron chi connectivity index (χ3n) is 1.63. The van der Waals surface area contributed by atoms with Crippen LogP contribution in [-0.2, 0) is 5.88 Å². The summed E-state index contributed by atoms with van der Waals surface area (Å²) in [6.07, 6.45) is 0. The molecular weight excluding hydrogens is 239 g/mol. The molecule has 2 aromatic rings. The molecule has 0 radical (unpaired) electrons. The van der Waals surface area contributed by atoms with Gasteiger partial charge < -0.3 is 0 Å². The van der Waals surface area contributed by atoms with Crippen molar-refractivity contribution in [3.05, 3.63) is 34.4 Å². The van der Waals surface area contributed by atoms with Crippen molar-refractivity contribution in [3.63, 3.8) is 0 Å². The lowest BCUT2D eigenvalue weighted by atomic mass is 10.4. The molecule has 0 N–H and O–H groups in total. The van der Waals surface area contributed by atoms with Crippen molar-refractivity contribution in [3.8, 4) is 10.7 Å². The van der Waals surface area contributed by atoms with Crippen LogP contribution in [0.3, 0.4) is 0 Å². The van der Waals surface area contributed by atoms with Gasteiger partial charge in [0, 0.05) is 0 Å². The summed E-state index contributed by atoms with van der Waals surface area (Å²) in [7, 11) is 0. The highest BCUT2D eigenvalue weighted by Gasteiger charge is 2.05. The number of nitrogens with zero attached hydrogens (tertiary/aromatic N) is 2. The zero-order valence-corrected chi connectivity index (χ0v) is 9.40. The van der Waals surface area contributed by atoms with E-state index in [2.05, 4.69) is 9.97 Å². The highest BCUT2D eigenvalue weighted by Crippen LogP contribution is 2.23. The van der Waals surface area contributed by atoms with Crippen molar-refractivity contribution >= 4 is 34.5 Å². The maximum atomic E-state index is 5.84. The summed E-state index contributed by atoms with van der Waals surface area (Å²) in [6, 6.07) is 5.57. The van der Waals surface area contributed by atoms with E-state index in [1.165, 1.54) is 0 Å². The van der Waals surface area contributed by atoms with Crippen LogP contribution in [0.5, 0.6) is 0 Å². The average Bonchev–Trinajstić information content (AvgIpc) is 2.69. The highest BCUT2D eigenvalue weighted by molar-refractivity contribution is 7.13. The number of alkyl halides is 1. The number of aromatic nitrogens is 2. The van der Waals surface area contributed by atoms with Gasteiger partial charge in [0.1, 0.15) is 5.15 Å². The molecule has 2 nitrogen and oxygen atoms in total. The van der Waals surface area contributed by atoms with E-state index in [1.807, 2.05) is 17.5 Å². The fraction of sp³-hybridized carbons (Fsp3) is 0.111. The molecule has 2 aromatic heterocycles. The Kier molecular flexibility index (Phi) is 3.01. The standard InChI is InChI=1S/C9H6Cl2N2S/c10-5-6-4-8(11)13-9(12-6)7-2-1-3-14-7/h1-4H,5H2. The first-order valence-electron chi connectivity index (χ1n) is 3.93. The molecule has 0 saturated carbocycles. The second-order valence-electron chi connectivity index (χ2n) is 2.62. The Hall–Kier alpha value is -0.640. The van der Waals surface area contributed by atoms with Crippen LogP contribution in [-0.4, -0.2) is 9.97 Å². The molecule has 2 heterocycles. The number of hydrogen-bond acceptors (Lipinski definition) is 3. The van der Waals surface area contributed by atoms with E-state index >= 15 is 0 Å². The zero-order chi connectivity index (χ0) is 9.97. The van der Waals surface area contributed by atoms with Gasteiger partial charge in [0.15, 0.2) is 5.82 Å². The Bertz CT molecular complexity index is 428. The van der Waals surface area contributed by atoms with Gasteiger partial charge in [0.25, 0.3) is 0 Å². The van der Waals surface area contributed by atoms with E-state index in [-0.39, 0.29) is 0 Å². The molecule has 0 aliphatic rings. The quantitative estimate of drug-likeness (QED) is 0.596. The molecule has 0 fully saturated rings. The molecule has 0 aliphatic carbocycles. The minimum Gasteiger partial charge on any atom is -0.231 e. The lowest BCUT2D eigenvalue weighted by Crippen LogP contribution is -1.92. The zero-order valence-electron chi connectivity index (χ0n) is 7.08. The van der Waals surface area contributed by atoms with Crippen LogP contribution in [0.25, 0.3) is 10.7 Å². The molecule has 0 aliphatic heterocycles. The molecule has 0 unspecified atom stereocenters. The summed E-state index contributed by atoms with van der Waals surface area (Å²) in [5, 5.41) is 2.40. The van der Waals surface area contributed by atoms with Crippen molar-refractivity contribution in [2.24, 2.45) is 0 Å². The van der Waals surface area contributed by atoms with Crippen LogP contribution < -0.4 is 0 Å². The van der Waals surface area contributed by atoms with Gasteiger partial charge in [-0.05, 0) is 17.5 Å². The number of hydrogen-bond donors (Lipinski definition) is 0. The van der Waals surface area contributed by atoms with Crippen molar-refractivity contribution in [2.75, 3.05) is 0 Å². The first-order chi connectivity index (χ1) is 6.79. The molecule has 2 rings (SSSR count). The Labute approximate surface area is 95.5 Å². The van der Waals surface area contributed by atoms with Crippen LogP contribution >= 0.6 is 34.5 Å². The van der Waals surface area contributed by atoms with Gasteiger partial charge in [-0.3, -0.25) is 0 Å². The van der Waals surface area contributed by atoms with Gasteiger partial charge in [-0.15, -0.1) is 22.9 Å². The minimum atomic E-state index is 0.348. The fourth-order valence-electron chi connectivity index (χ4n) is 1.05. The molecule has 0 atom stereocenters. The fourth-order valence-corrected chi connectivity index (χ4v) is 2.05. The number of halogens is 2. The lowest BCUT2D eigenvalue weighted by molar-refractivity contribution is 1.10. The molecule has 72 valence electrons. The van der Waals surface area contributed by atoms with Gasteiger partial charge in [0.05, 0.1) is 16.5 Å². The smallest absolute Gasteiger partial charge is 0.171 e. The number of rotatable bonds is 2. The van der Waals surface area contributed by atoms with Gasteiger partial charge in [0.2, 0.25) is 0 Å². The van der Waals surface area contributed by atoms with E-state index in [9.17, 15) is 0 Å². The van der Waals surface area contributed by atoms with Gasteiger partial charge >= 0.3 is 0 Å². The molecular formula is C9H6Cl2N2S. The summed E-state index contributed by atoms with van der Waals surface area (Å²) in [5.41, 5.74) is 0.745. The van der Waals surface area contributed by atoms with Crippen LogP contribution in [0.1, 0.15) is 5.69 Å². The third kappa shape index (κ3) is 2.05. The molecule has 0 saturated heterocycles. The molecule has 14 heavy (non-hydrogen) atoms. The summed E-state index contributed by atoms with van der Waals surface area (Å²) >= 11 is 13.1. The third-order valence-corrected chi connectivity index (χ3v) is 2.96. The van der Waals surface area contributed by atoms with Gasteiger partial charge in [-0.25, -0.2) is 9.97 Å². The van der Waals surface area contributed by atoms with Crippen molar-refractivity contribution in [2.45, 2.75) is 5.88 Å². The summed E-state index contributed by atoms with van der Waals surface area (Å²) < 4.78 is 0. The van der Waals surface area contributed by atoms with Crippen LogP contribution in [0.15, 0.2) is 23.6 Å². The average molecular weight is 245 g/mol. The van der Waals surface area contributed by atoms with Crippen LogP contribution in [0.2, 0.25) is 5.15 Å². The summed E-state index contributed by atoms with van der Waals surface area (Å²) in [5.74, 6) is 0.990. The molecule has 0 aromatic carbocycles. The predicted octanol–water partition coefficient (Wildman–Crippen LogP) is 3.60. The maximum Gasteiger partial charge on any atom is 0.171 e. The van der Waals surface area contributed by atoms with Gasteiger partial charge in [-0.2, -0.15) is 0 Å². The van der Waals surface area contributed by atoms with E-state index in [4.69, 9.17) is 23.2 Å². The number of thiophene rings is 1. The first-order valence-corrected chi connectivity index (χ1v) is 5.72. The largest absolute Gasteiger partial charge is 0.231 e. The van der Waals surface area contributed by atoms with Crippen LogP contribution in [0.4, 0.5) is 0 Å². The van der Waals surface area contributed by atoms with E-state index in [0.29, 0.717) is 16.9 Å². The van der Waals surface area contributed by atoms with Crippen LogP contribution in [0, 0.1) is 0 Å². The Morgan fingerprint density at radius 1 is 1.36 bits per heavy atom. The topological polar surface area (TPSA) is 25.8 Å². The SMILES string of the molecule is ClCc1cc(Cl)nc(-c2cccs2)n1. The van der Waals surface area contributed by atoms with Crippen molar-refractivity contribution in [1.29, 1.82) is 0 Å². The maximum absolute atomic E-state index is 5.84. The second-order valence-corrected chi connectivity index (χ2v) is 4.22. The normalized spacial score (nSPS) is 10.4. The lowest BCUT2D eigenvalue weighted by Gasteiger charge is -1.99. The van der Waals surface area contributed by atoms with E-state index < -0.39 is 0 Å².